The molecule has 2 nitrogen and oxygen atoms in total. The third-order valence-corrected chi connectivity index (χ3v) is 3.92. The van der Waals surface area contributed by atoms with Crippen LogP contribution in [0.5, 0.6) is 0 Å². The molecule has 2 rings (SSSR count). The smallest absolute Gasteiger partial charge is 0.416 e. The molecule has 0 aliphatic heterocycles. The quantitative estimate of drug-likeness (QED) is 0.611. The van der Waals surface area contributed by atoms with Gasteiger partial charge in [-0.25, -0.2) is 4.79 Å². The Morgan fingerprint density at radius 3 is 2.62 bits per heavy atom. The number of carbonyl (C=O) groups is 1. The van der Waals surface area contributed by atoms with Crippen molar-refractivity contribution in [3.63, 3.8) is 0 Å². The average Bonchev–Trinajstić information content (AvgIpc) is 2.77. The number of esters is 1. The maximum absolute atomic E-state index is 13.3. The molecular weight excluding hydrogens is 281 g/mol. The van der Waals surface area contributed by atoms with Gasteiger partial charge in [0.05, 0.1) is 5.56 Å². The van der Waals surface area contributed by atoms with Gasteiger partial charge in [0.15, 0.2) is 0 Å². The minimum Gasteiger partial charge on any atom is -0.451 e. The summed E-state index contributed by atoms with van der Waals surface area (Å²) in [6.45, 7) is 6.71. The zero-order valence-corrected chi connectivity index (χ0v) is 12.0. The molecular formula is C16H17F3O2. The Bertz CT molecular complexity index is 590. The Morgan fingerprint density at radius 1 is 1.43 bits per heavy atom. The molecule has 21 heavy (non-hydrogen) atoms. The van der Waals surface area contributed by atoms with Gasteiger partial charge in [0.1, 0.15) is 5.60 Å². The number of halogens is 3. The van der Waals surface area contributed by atoms with Gasteiger partial charge in [-0.05, 0) is 37.8 Å². The van der Waals surface area contributed by atoms with E-state index in [-0.39, 0.29) is 11.1 Å². The number of rotatable bonds is 3. The van der Waals surface area contributed by atoms with E-state index in [0.29, 0.717) is 24.8 Å². The van der Waals surface area contributed by atoms with E-state index in [2.05, 4.69) is 6.58 Å². The first-order chi connectivity index (χ1) is 9.71. The van der Waals surface area contributed by atoms with Gasteiger partial charge in [0.2, 0.25) is 0 Å². The zero-order chi connectivity index (χ0) is 15.8. The number of carbonyl (C=O) groups excluding carboxylic acids is 1. The molecule has 1 aromatic carbocycles. The summed E-state index contributed by atoms with van der Waals surface area (Å²) in [5.74, 6) is -0.651. The molecule has 1 atom stereocenters. The standard InChI is InChI=1S/C16H17F3O2/c1-4-15(21-14(20)10(2)3)9-8-11-6-5-7-12(13(11)15)16(17,18)19/h5-7H,2,4,8-9H2,1,3H3. The summed E-state index contributed by atoms with van der Waals surface area (Å²) in [6, 6.07) is 4.10. The Labute approximate surface area is 121 Å². The van der Waals surface area contributed by atoms with Gasteiger partial charge in [0.25, 0.3) is 0 Å². The van der Waals surface area contributed by atoms with Gasteiger partial charge < -0.3 is 4.74 Å². The van der Waals surface area contributed by atoms with Crippen molar-refractivity contribution < 1.29 is 22.7 Å². The lowest BCUT2D eigenvalue weighted by Crippen LogP contribution is -2.32. The molecule has 1 unspecified atom stereocenters. The first-order valence-corrected chi connectivity index (χ1v) is 6.79. The van der Waals surface area contributed by atoms with Crippen molar-refractivity contribution in [3.05, 3.63) is 47.0 Å². The number of aryl methyl sites for hydroxylation is 1. The molecule has 0 amide bonds. The summed E-state index contributed by atoms with van der Waals surface area (Å²) in [4.78, 5) is 11.8. The van der Waals surface area contributed by atoms with Crippen LogP contribution in [0, 0.1) is 0 Å². The molecule has 0 bridgehead atoms. The van der Waals surface area contributed by atoms with Crippen LogP contribution in [-0.4, -0.2) is 5.97 Å². The summed E-state index contributed by atoms with van der Waals surface area (Å²) in [6.07, 6.45) is -3.33. The van der Waals surface area contributed by atoms with Crippen LogP contribution < -0.4 is 0 Å². The van der Waals surface area contributed by atoms with Crippen LogP contribution in [0.3, 0.4) is 0 Å². The van der Waals surface area contributed by atoms with Crippen LogP contribution in [-0.2, 0) is 27.7 Å². The molecule has 1 aliphatic rings. The van der Waals surface area contributed by atoms with E-state index < -0.39 is 23.3 Å². The van der Waals surface area contributed by atoms with E-state index in [1.54, 1.807) is 13.0 Å². The molecule has 0 fully saturated rings. The molecule has 0 aromatic heterocycles. The third-order valence-electron chi connectivity index (χ3n) is 3.92. The number of alkyl halides is 3. The van der Waals surface area contributed by atoms with Crippen LogP contribution in [0.25, 0.3) is 0 Å². The van der Waals surface area contributed by atoms with Crippen molar-refractivity contribution in [2.75, 3.05) is 0 Å². The van der Waals surface area contributed by atoms with Gasteiger partial charge in [-0.1, -0.05) is 25.6 Å². The Hall–Kier alpha value is -1.78. The van der Waals surface area contributed by atoms with E-state index in [1.165, 1.54) is 13.0 Å². The summed E-state index contributed by atoms with van der Waals surface area (Å²) in [5.41, 5.74) is -1.04. The van der Waals surface area contributed by atoms with Crippen LogP contribution in [0.15, 0.2) is 30.4 Å². The predicted octanol–water partition coefficient (Wildman–Crippen LogP) is 4.38. The maximum Gasteiger partial charge on any atom is 0.416 e. The lowest BCUT2D eigenvalue weighted by atomic mass is 9.88. The van der Waals surface area contributed by atoms with E-state index in [1.807, 2.05) is 0 Å². The number of hydrogen-bond acceptors (Lipinski definition) is 2. The fourth-order valence-electron chi connectivity index (χ4n) is 2.84. The lowest BCUT2D eigenvalue weighted by Gasteiger charge is -2.31. The molecule has 0 heterocycles. The van der Waals surface area contributed by atoms with Crippen LogP contribution >= 0.6 is 0 Å². The van der Waals surface area contributed by atoms with Crippen molar-refractivity contribution in [3.8, 4) is 0 Å². The average molecular weight is 298 g/mol. The molecule has 0 radical (unpaired) electrons. The van der Waals surface area contributed by atoms with Crippen LogP contribution in [0.2, 0.25) is 0 Å². The van der Waals surface area contributed by atoms with E-state index >= 15 is 0 Å². The lowest BCUT2D eigenvalue weighted by molar-refractivity contribution is -0.160. The summed E-state index contributed by atoms with van der Waals surface area (Å²) in [5, 5.41) is 0. The van der Waals surface area contributed by atoms with Gasteiger partial charge in [-0.3, -0.25) is 0 Å². The van der Waals surface area contributed by atoms with Gasteiger partial charge >= 0.3 is 12.1 Å². The van der Waals surface area contributed by atoms with Gasteiger partial charge in [-0.15, -0.1) is 0 Å². The largest absolute Gasteiger partial charge is 0.451 e. The monoisotopic (exact) mass is 298 g/mol. The Morgan fingerprint density at radius 2 is 2.10 bits per heavy atom. The second-order valence-corrected chi connectivity index (χ2v) is 5.36. The molecule has 0 N–H and O–H groups in total. The summed E-state index contributed by atoms with van der Waals surface area (Å²) >= 11 is 0. The molecule has 1 aliphatic carbocycles. The third kappa shape index (κ3) is 2.69. The molecule has 5 heteroatoms. The van der Waals surface area contributed by atoms with E-state index in [0.717, 1.165) is 6.07 Å². The summed E-state index contributed by atoms with van der Waals surface area (Å²) in [7, 11) is 0. The Balaban J connectivity index is 2.56. The highest BCUT2D eigenvalue weighted by atomic mass is 19.4. The fourth-order valence-corrected chi connectivity index (χ4v) is 2.84. The fraction of sp³-hybridized carbons (Fsp3) is 0.438. The predicted molar refractivity (Wildman–Crippen MR) is 72.6 cm³/mol. The van der Waals surface area contributed by atoms with Gasteiger partial charge in [0, 0.05) is 11.1 Å². The number of hydrogen-bond donors (Lipinski definition) is 0. The van der Waals surface area contributed by atoms with Gasteiger partial charge in [-0.2, -0.15) is 13.2 Å². The van der Waals surface area contributed by atoms with Crippen molar-refractivity contribution in [1.82, 2.24) is 0 Å². The minimum absolute atomic E-state index is 0.106. The van der Waals surface area contributed by atoms with E-state index in [9.17, 15) is 18.0 Å². The molecule has 0 saturated heterocycles. The minimum atomic E-state index is -4.47. The summed E-state index contributed by atoms with van der Waals surface area (Å²) < 4.78 is 45.2. The number of benzene rings is 1. The van der Waals surface area contributed by atoms with Crippen molar-refractivity contribution >= 4 is 5.97 Å². The first-order valence-electron chi connectivity index (χ1n) is 6.79. The zero-order valence-electron chi connectivity index (χ0n) is 12.0. The highest BCUT2D eigenvalue weighted by Gasteiger charge is 2.47. The SMILES string of the molecule is C=C(C)C(=O)OC1(CC)CCc2cccc(C(F)(F)F)c21. The maximum atomic E-state index is 13.3. The van der Waals surface area contributed by atoms with Crippen LogP contribution in [0.1, 0.15) is 43.4 Å². The second kappa shape index (κ2) is 5.20. The highest BCUT2D eigenvalue weighted by molar-refractivity contribution is 5.87. The molecule has 114 valence electrons. The van der Waals surface area contributed by atoms with Crippen molar-refractivity contribution in [2.24, 2.45) is 0 Å². The number of ether oxygens (including phenoxy) is 1. The second-order valence-electron chi connectivity index (χ2n) is 5.36. The van der Waals surface area contributed by atoms with Crippen molar-refractivity contribution in [2.45, 2.75) is 44.9 Å². The molecule has 0 spiro atoms. The highest BCUT2D eigenvalue weighted by Crippen LogP contribution is 2.48. The van der Waals surface area contributed by atoms with E-state index in [4.69, 9.17) is 4.74 Å². The normalized spacial score (nSPS) is 21.0. The molecule has 1 aromatic rings. The van der Waals surface area contributed by atoms with Crippen molar-refractivity contribution in [1.29, 1.82) is 0 Å². The first kappa shape index (κ1) is 15.6. The number of fused-ring (bicyclic) bond motifs is 1. The molecule has 0 saturated carbocycles. The van der Waals surface area contributed by atoms with Crippen LogP contribution in [0.4, 0.5) is 13.2 Å². The topological polar surface area (TPSA) is 26.3 Å². The Kier molecular flexibility index (Phi) is 3.87.